The zero-order valence-electron chi connectivity index (χ0n) is 14.8. The van der Waals surface area contributed by atoms with Crippen LogP contribution in [0.4, 0.5) is 0 Å². The lowest BCUT2D eigenvalue weighted by Crippen LogP contribution is -2.32. The lowest BCUT2D eigenvalue weighted by atomic mass is 10.2. The van der Waals surface area contributed by atoms with Crippen LogP contribution in [0.3, 0.4) is 0 Å². The van der Waals surface area contributed by atoms with Crippen LogP contribution in [-0.4, -0.2) is 40.7 Å². The molecule has 2 N–H and O–H groups in total. The first kappa shape index (κ1) is 20.6. The Balaban J connectivity index is 2.07. The Labute approximate surface area is 176 Å². The summed E-state index contributed by atoms with van der Waals surface area (Å²) in [6.45, 7) is -0.613. The summed E-state index contributed by atoms with van der Waals surface area (Å²) in [6, 6.07) is 8.03. The lowest BCUT2D eigenvalue weighted by Gasteiger charge is -2.13. The average Bonchev–Trinajstić information content (AvgIpc) is 2.69. The molecule has 3 aromatic rings. The molecule has 9 nitrogen and oxygen atoms in total. The van der Waals surface area contributed by atoms with Crippen molar-refractivity contribution in [2.45, 2.75) is 0 Å². The smallest absolute Gasteiger partial charge is 0.349 e. The number of fused-ring (bicyclic) bond motifs is 1. The molecule has 0 aliphatic carbocycles. The van der Waals surface area contributed by atoms with E-state index in [1.165, 1.54) is 19.4 Å². The van der Waals surface area contributed by atoms with Crippen molar-refractivity contribution in [2.75, 3.05) is 13.7 Å². The first-order valence-electron chi connectivity index (χ1n) is 8.02. The highest BCUT2D eigenvalue weighted by Gasteiger charge is 2.18. The van der Waals surface area contributed by atoms with Gasteiger partial charge in [-0.05, 0) is 34.1 Å². The van der Waals surface area contributed by atoms with E-state index in [4.69, 9.17) is 26.2 Å². The molecule has 0 unspecified atom stereocenters. The monoisotopic (exact) mass is 481 g/mol. The Morgan fingerprint density at radius 2 is 2.10 bits per heavy atom. The summed E-state index contributed by atoms with van der Waals surface area (Å²) in [5.74, 6) is -0.998. The van der Waals surface area contributed by atoms with Gasteiger partial charge in [-0.3, -0.25) is 4.79 Å². The molecule has 0 bridgehead atoms. The van der Waals surface area contributed by atoms with Gasteiger partial charge in [-0.15, -0.1) is 4.68 Å². The molecule has 11 heteroatoms. The number of methoxy groups -OCH3 is 1. The number of para-hydroxylation sites is 1. The van der Waals surface area contributed by atoms with Crippen molar-refractivity contribution < 1.29 is 19.4 Å². The number of nitrogens with zero attached hydrogens (tertiary/aromatic N) is 2. The molecule has 29 heavy (non-hydrogen) atoms. The number of benzene rings is 2. The van der Waals surface area contributed by atoms with Gasteiger partial charge in [-0.1, -0.05) is 23.7 Å². The van der Waals surface area contributed by atoms with Crippen molar-refractivity contribution in [1.82, 2.24) is 9.66 Å². The minimum atomic E-state index is -1.18. The Kier molecular flexibility index (Phi) is 6.04. The molecule has 2 aromatic carbocycles. The van der Waals surface area contributed by atoms with Crippen LogP contribution < -0.4 is 20.7 Å². The maximum absolute atomic E-state index is 12.5. The number of carboxylic acid groups (broad SMARTS) is 1. The quantitative estimate of drug-likeness (QED) is 0.520. The Bertz CT molecular complexity index is 1250. The lowest BCUT2D eigenvalue weighted by molar-refractivity contribution is -0.139. The molecule has 3 rings (SSSR count). The number of carbonyl (C=O) groups is 1. The number of hydrogen-bond acceptors (Lipinski definition) is 6. The van der Waals surface area contributed by atoms with E-state index in [9.17, 15) is 14.4 Å². The highest BCUT2D eigenvalue weighted by molar-refractivity contribution is 9.10. The number of rotatable bonds is 6. The summed E-state index contributed by atoms with van der Waals surface area (Å²) < 4.78 is 11.4. The number of halogens is 2. The minimum Gasteiger partial charge on any atom is -0.493 e. The highest BCUT2D eigenvalue weighted by Crippen LogP contribution is 2.42. The standard InChI is InChI=1S/C18H13BrClN3O6/c1-28-12-6-9(14(19)15(20)16(12)29-8-13(24)25)7-21-23-17(26)10-4-2-3-5-11(10)22-18(23)27/h2-7H,8H2,1H3,(H,22,27)(H,24,25). The predicted octanol–water partition coefficient (Wildman–Crippen LogP) is 2.46. The average molecular weight is 483 g/mol. The number of aromatic amines is 1. The number of hydrogen-bond donors (Lipinski definition) is 2. The van der Waals surface area contributed by atoms with Crippen LogP contribution >= 0.6 is 27.5 Å². The SMILES string of the molecule is COc1cc(C=Nn2c(=O)[nH]c3ccccc3c2=O)c(Br)c(Cl)c1OCC(=O)O. The van der Waals surface area contributed by atoms with Gasteiger partial charge in [0, 0.05) is 10.0 Å². The van der Waals surface area contributed by atoms with Gasteiger partial charge < -0.3 is 19.6 Å². The first-order chi connectivity index (χ1) is 13.8. The zero-order chi connectivity index (χ0) is 21.1. The van der Waals surface area contributed by atoms with Gasteiger partial charge in [0.25, 0.3) is 5.56 Å². The van der Waals surface area contributed by atoms with Gasteiger partial charge in [-0.25, -0.2) is 9.59 Å². The van der Waals surface area contributed by atoms with Crippen molar-refractivity contribution in [1.29, 1.82) is 0 Å². The van der Waals surface area contributed by atoms with Gasteiger partial charge >= 0.3 is 11.7 Å². The second-order valence-corrected chi connectivity index (χ2v) is 6.82. The van der Waals surface area contributed by atoms with Gasteiger partial charge in [0.15, 0.2) is 18.1 Å². The summed E-state index contributed by atoms with van der Waals surface area (Å²) in [5, 5.41) is 13.1. The van der Waals surface area contributed by atoms with Crippen molar-refractivity contribution in [3.05, 3.63) is 66.2 Å². The van der Waals surface area contributed by atoms with Crippen LogP contribution in [0.15, 0.2) is 49.5 Å². The fourth-order valence-electron chi connectivity index (χ4n) is 2.50. The third-order valence-electron chi connectivity index (χ3n) is 3.81. The molecule has 0 saturated heterocycles. The molecule has 0 saturated carbocycles. The van der Waals surface area contributed by atoms with E-state index in [0.29, 0.717) is 25.6 Å². The number of carboxylic acids is 1. The van der Waals surface area contributed by atoms with Crippen LogP contribution in [0, 0.1) is 0 Å². The fourth-order valence-corrected chi connectivity index (χ4v) is 3.15. The molecule has 150 valence electrons. The third kappa shape index (κ3) is 4.17. The minimum absolute atomic E-state index is 0.0290. The first-order valence-corrected chi connectivity index (χ1v) is 9.19. The number of aromatic nitrogens is 2. The van der Waals surface area contributed by atoms with E-state index < -0.39 is 23.8 Å². The number of aliphatic carboxylic acids is 1. The summed E-state index contributed by atoms with van der Waals surface area (Å²) in [4.78, 5) is 38.1. The van der Waals surface area contributed by atoms with E-state index in [2.05, 4.69) is 26.0 Å². The van der Waals surface area contributed by atoms with Gasteiger partial charge in [0.1, 0.15) is 5.02 Å². The normalized spacial score (nSPS) is 11.1. The number of ether oxygens (including phenoxy) is 2. The molecule has 0 fully saturated rings. The van der Waals surface area contributed by atoms with Gasteiger partial charge in [-0.2, -0.15) is 5.10 Å². The maximum Gasteiger partial charge on any atom is 0.349 e. The van der Waals surface area contributed by atoms with Crippen LogP contribution in [0.1, 0.15) is 5.56 Å². The van der Waals surface area contributed by atoms with E-state index in [-0.39, 0.29) is 16.5 Å². The van der Waals surface area contributed by atoms with E-state index in [0.717, 1.165) is 0 Å². The van der Waals surface area contributed by atoms with Crippen LogP contribution in [0.25, 0.3) is 10.9 Å². The van der Waals surface area contributed by atoms with Crippen LogP contribution in [0.5, 0.6) is 11.5 Å². The molecule has 1 heterocycles. The molecule has 0 spiro atoms. The Hall–Kier alpha value is -3.11. The Morgan fingerprint density at radius 3 is 2.79 bits per heavy atom. The van der Waals surface area contributed by atoms with E-state index in [1.54, 1.807) is 24.3 Å². The van der Waals surface area contributed by atoms with E-state index >= 15 is 0 Å². The highest BCUT2D eigenvalue weighted by atomic mass is 79.9. The molecule has 0 amide bonds. The van der Waals surface area contributed by atoms with Gasteiger partial charge in [0.05, 0.1) is 24.2 Å². The largest absolute Gasteiger partial charge is 0.493 e. The molecule has 0 aliphatic heterocycles. The van der Waals surface area contributed by atoms with Crippen molar-refractivity contribution in [3.8, 4) is 11.5 Å². The second kappa shape index (κ2) is 8.50. The summed E-state index contributed by atoms with van der Waals surface area (Å²) in [7, 11) is 1.35. The third-order valence-corrected chi connectivity index (χ3v) is 5.26. The topological polar surface area (TPSA) is 123 Å². The summed E-state index contributed by atoms with van der Waals surface area (Å²) in [5.41, 5.74) is -0.523. The molecular formula is C18H13BrClN3O6. The van der Waals surface area contributed by atoms with Crippen LogP contribution in [-0.2, 0) is 4.79 Å². The molecule has 0 radical (unpaired) electrons. The van der Waals surface area contributed by atoms with Crippen molar-refractivity contribution >= 4 is 50.6 Å². The number of H-pyrrole nitrogens is 1. The second-order valence-electron chi connectivity index (χ2n) is 5.64. The molecule has 0 aliphatic rings. The number of nitrogens with one attached hydrogen (secondary N) is 1. The van der Waals surface area contributed by atoms with Gasteiger partial charge in [0.2, 0.25) is 0 Å². The zero-order valence-corrected chi connectivity index (χ0v) is 17.2. The summed E-state index contributed by atoms with van der Waals surface area (Å²) >= 11 is 9.52. The van der Waals surface area contributed by atoms with Crippen molar-refractivity contribution in [2.24, 2.45) is 5.10 Å². The fraction of sp³-hybridized carbons (Fsp3) is 0.111. The molecular weight excluding hydrogens is 470 g/mol. The molecule has 0 atom stereocenters. The van der Waals surface area contributed by atoms with E-state index in [1.807, 2.05) is 0 Å². The summed E-state index contributed by atoms with van der Waals surface area (Å²) in [6.07, 6.45) is 1.24. The predicted molar refractivity (Wildman–Crippen MR) is 111 cm³/mol. The maximum atomic E-state index is 12.5. The Morgan fingerprint density at radius 1 is 1.38 bits per heavy atom. The van der Waals surface area contributed by atoms with Crippen molar-refractivity contribution in [3.63, 3.8) is 0 Å². The van der Waals surface area contributed by atoms with Crippen LogP contribution in [0.2, 0.25) is 5.02 Å². The molecule has 1 aromatic heterocycles.